The van der Waals surface area contributed by atoms with E-state index in [1.165, 1.54) is 4.90 Å². The van der Waals surface area contributed by atoms with Crippen LogP contribution >= 0.6 is 0 Å². The molecular weight excluding hydrogens is 592 g/mol. The van der Waals surface area contributed by atoms with Gasteiger partial charge in [-0.2, -0.15) is 0 Å². The van der Waals surface area contributed by atoms with Crippen molar-refractivity contribution >= 4 is 24.0 Å². The van der Waals surface area contributed by atoms with Crippen LogP contribution in [-0.2, 0) is 35.7 Å². The minimum Gasteiger partial charge on any atom is -0.444 e. The van der Waals surface area contributed by atoms with E-state index in [4.69, 9.17) is 15.2 Å². The molecule has 14 heteroatoms. The average molecular weight is 637 g/mol. The highest BCUT2D eigenvalue weighted by atomic mass is 16.6. The Morgan fingerprint density at radius 3 is 1.54 bits per heavy atom. The summed E-state index contributed by atoms with van der Waals surface area (Å²) in [5, 5.41) is 5.30. The Hall–Kier alpha value is -4.92. The van der Waals surface area contributed by atoms with Gasteiger partial charge in [-0.1, -0.05) is 24.3 Å². The van der Waals surface area contributed by atoms with E-state index >= 15 is 0 Å². The molecule has 0 saturated heterocycles. The van der Waals surface area contributed by atoms with Gasteiger partial charge in [0.25, 0.3) is 11.8 Å². The van der Waals surface area contributed by atoms with Crippen LogP contribution < -0.4 is 28.1 Å². The maximum absolute atomic E-state index is 12.5. The number of fused-ring (bicyclic) bond motifs is 1. The van der Waals surface area contributed by atoms with E-state index < -0.39 is 23.4 Å². The highest BCUT2D eigenvalue weighted by Crippen LogP contribution is 2.25. The van der Waals surface area contributed by atoms with E-state index in [1.54, 1.807) is 69.6 Å². The van der Waals surface area contributed by atoms with Crippen molar-refractivity contribution in [2.75, 3.05) is 0 Å². The molecule has 1 aliphatic heterocycles. The van der Waals surface area contributed by atoms with Gasteiger partial charge in [0.2, 0.25) is 0 Å². The van der Waals surface area contributed by atoms with Crippen molar-refractivity contribution in [2.24, 2.45) is 17.4 Å². The van der Waals surface area contributed by atoms with Crippen molar-refractivity contribution < 1.29 is 28.7 Å². The highest BCUT2D eigenvalue weighted by molar-refractivity contribution is 6.21. The van der Waals surface area contributed by atoms with Crippen LogP contribution in [0.2, 0.25) is 0 Å². The number of carbonyl (C=O) groups excluding carboxylic acids is 4. The van der Waals surface area contributed by atoms with Gasteiger partial charge in [-0.25, -0.2) is 9.59 Å². The Labute approximate surface area is 269 Å². The molecule has 4 amide bonds. The summed E-state index contributed by atoms with van der Waals surface area (Å²) in [7, 11) is 0. The van der Waals surface area contributed by atoms with Crippen LogP contribution in [0.1, 0.15) is 84.8 Å². The van der Waals surface area contributed by atoms with Crippen molar-refractivity contribution in [3.63, 3.8) is 0 Å². The van der Waals surface area contributed by atoms with E-state index in [1.807, 2.05) is 32.9 Å². The van der Waals surface area contributed by atoms with E-state index in [-0.39, 0.29) is 24.9 Å². The van der Waals surface area contributed by atoms with Gasteiger partial charge in [-0.05, 0) is 76.9 Å². The van der Waals surface area contributed by atoms with Gasteiger partial charge in [0.15, 0.2) is 0 Å². The lowest BCUT2D eigenvalue weighted by Crippen LogP contribution is -2.33. The quantitative estimate of drug-likeness (QED) is 0.144. The number of aromatic nitrogens is 2. The summed E-state index contributed by atoms with van der Waals surface area (Å²) in [4.78, 5) is 58.0. The fraction of sp³-hybridized carbons (Fsp3) is 0.375. The first kappa shape index (κ1) is 37.3. The Morgan fingerprint density at radius 2 is 1.13 bits per heavy atom. The first-order valence-electron chi connectivity index (χ1n) is 14.5. The van der Waals surface area contributed by atoms with E-state index in [9.17, 15) is 19.2 Å². The van der Waals surface area contributed by atoms with E-state index in [0.29, 0.717) is 35.5 Å². The lowest BCUT2D eigenvalue weighted by atomic mass is 10.1. The van der Waals surface area contributed by atoms with Gasteiger partial charge in [-0.3, -0.25) is 36.1 Å². The Morgan fingerprint density at radius 1 is 0.717 bits per heavy atom. The summed E-state index contributed by atoms with van der Waals surface area (Å²) < 4.78 is 10.3. The van der Waals surface area contributed by atoms with E-state index in [2.05, 4.69) is 32.3 Å². The monoisotopic (exact) mass is 636 g/mol. The van der Waals surface area contributed by atoms with Crippen LogP contribution in [0.15, 0.2) is 60.9 Å². The van der Waals surface area contributed by atoms with Gasteiger partial charge in [0.1, 0.15) is 11.2 Å². The summed E-state index contributed by atoms with van der Waals surface area (Å²) in [6, 6.07) is 14.0. The number of hydrogen-bond donors (Lipinski definition) is 5. The number of carbonyl (C=O) groups is 4. The van der Waals surface area contributed by atoms with Gasteiger partial charge in [-0.15, -0.1) is 0 Å². The number of hydrogen-bond acceptors (Lipinski definition) is 11. The second-order valence-electron chi connectivity index (χ2n) is 11.9. The number of pyridine rings is 2. The van der Waals surface area contributed by atoms with Gasteiger partial charge in [0, 0.05) is 18.9 Å². The summed E-state index contributed by atoms with van der Waals surface area (Å²) >= 11 is 0. The first-order valence-corrected chi connectivity index (χ1v) is 14.5. The first-order chi connectivity index (χ1) is 21.7. The zero-order chi connectivity index (χ0) is 34.5. The smallest absolute Gasteiger partial charge is 0.407 e. The van der Waals surface area contributed by atoms with Crippen LogP contribution in [0.4, 0.5) is 9.59 Å². The molecule has 1 aliphatic rings. The molecule has 0 aliphatic carbocycles. The minimum absolute atomic E-state index is 0.0888. The molecule has 3 heterocycles. The van der Waals surface area contributed by atoms with Crippen molar-refractivity contribution in [1.29, 1.82) is 0 Å². The molecule has 0 fully saturated rings. The van der Waals surface area contributed by atoms with Crippen LogP contribution in [0.5, 0.6) is 0 Å². The molecule has 0 spiro atoms. The molecular formula is C32H44N8O6. The molecule has 0 unspecified atom stereocenters. The standard InChI is InChI=1S/C20H21N3O4.C12H19N3O2.H4N2/c1-20(2,3)27-19(26)22-11-16-13(7-6-10-21-16)12-23-17(24)14-8-4-5-9-15(14)18(23)25;1-12(2,3)17-11(16)15-8-10-9(7-13)5-4-6-14-10;1-2/h4-10H,11-12H2,1-3H3,(H,22,26);4-6H,7-8,13H2,1-3H3,(H,15,16);1-2H2. The number of benzene rings is 1. The third kappa shape index (κ3) is 11.5. The topological polar surface area (TPSA) is 218 Å². The van der Waals surface area contributed by atoms with Gasteiger partial charge < -0.3 is 25.8 Å². The maximum atomic E-state index is 12.5. The van der Waals surface area contributed by atoms with Crippen LogP contribution in [0, 0.1) is 0 Å². The fourth-order valence-electron chi connectivity index (χ4n) is 4.08. The molecule has 14 nitrogen and oxygen atoms in total. The molecule has 46 heavy (non-hydrogen) atoms. The number of nitrogens with one attached hydrogen (secondary N) is 2. The van der Waals surface area contributed by atoms with Crippen molar-refractivity contribution in [2.45, 2.75) is 78.9 Å². The second kappa shape index (κ2) is 17.0. The van der Waals surface area contributed by atoms with Gasteiger partial charge in [0.05, 0.1) is 42.1 Å². The second-order valence-corrected chi connectivity index (χ2v) is 11.9. The number of rotatable bonds is 7. The summed E-state index contributed by atoms with van der Waals surface area (Å²) in [5.74, 6) is 7.34. The Balaban J connectivity index is 0.000000335. The largest absolute Gasteiger partial charge is 0.444 e. The zero-order valence-corrected chi connectivity index (χ0v) is 27.1. The molecule has 1 aromatic carbocycles. The Kier molecular flexibility index (Phi) is 13.7. The average Bonchev–Trinajstić information content (AvgIpc) is 3.24. The Bertz CT molecular complexity index is 1470. The molecule has 8 N–H and O–H groups in total. The molecule has 0 saturated carbocycles. The lowest BCUT2D eigenvalue weighted by Gasteiger charge is -2.20. The predicted octanol–water partition coefficient (Wildman–Crippen LogP) is 3.29. The third-order valence-electron chi connectivity index (χ3n) is 5.99. The van der Waals surface area contributed by atoms with Gasteiger partial charge >= 0.3 is 12.2 Å². The minimum atomic E-state index is -0.600. The molecule has 0 atom stereocenters. The normalized spacial score (nSPS) is 12.2. The number of nitrogens with two attached hydrogens (primary N) is 3. The highest BCUT2D eigenvalue weighted by Gasteiger charge is 2.35. The zero-order valence-electron chi connectivity index (χ0n) is 27.1. The van der Waals surface area contributed by atoms with E-state index in [0.717, 1.165) is 11.3 Å². The van der Waals surface area contributed by atoms with Crippen LogP contribution in [0.3, 0.4) is 0 Å². The summed E-state index contributed by atoms with van der Waals surface area (Å²) in [5.41, 5.74) is 8.22. The SMILES string of the molecule is CC(C)(C)OC(=O)NCc1ncccc1CN.CC(C)(C)OC(=O)NCc1ncccc1CN1C(=O)c2ccccc2C1=O.NN. The van der Waals surface area contributed by atoms with Crippen LogP contribution in [0.25, 0.3) is 0 Å². The van der Waals surface area contributed by atoms with Crippen molar-refractivity contribution in [1.82, 2.24) is 25.5 Å². The molecule has 2 aromatic heterocycles. The van der Waals surface area contributed by atoms with Crippen LogP contribution in [-0.4, -0.2) is 50.1 Å². The predicted molar refractivity (Wildman–Crippen MR) is 172 cm³/mol. The summed E-state index contributed by atoms with van der Waals surface area (Å²) in [6.45, 7) is 11.7. The molecule has 248 valence electrons. The number of nitrogens with zero attached hydrogens (tertiary/aromatic N) is 3. The third-order valence-corrected chi connectivity index (χ3v) is 5.99. The summed E-state index contributed by atoms with van der Waals surface area (Å²) in [6.07, 6.45) is 2.26. The lowest BCUT2D eigenvalue weighted by molar-refractivity contribution is 0.0511. The van der Waals surface area contributed by atoms with Crippen molar-refractivity contribution in [3.8, 4) is 0 Å². The van der Waals surface area contributed by atoms with Crippen molar-refractivity contribution in [3.05, 3.63) is 94.6 Å². The molecule has 3 aromatic rings. The number of alkyl carbamates (subject to hydrolysis) is 2. The molecule has 0 bridgehead atoms. The fourth-order valence-corrected chi connectivity index (χ4v) is 4.08. The number of hydrazine groups is 1. The number of ether oxygens (including phenoxy) is 2. The number of imide groups is 1. The molecule has 4 rings (SSSR count). The maximum Gasteiger partial charge on any atom is 0.407 e. The number of amides is 4. The molecule has 0 radical (unpaired) electrons.